The number of aliphatic carboxylic acids is 1. The molecule has 0 saturated heterocycles. The van der Waals surface area contributed by atoms with Crippen LogP contribution in [0, 0.1) is 5.92 Å². The normalized spacial score (nSPS) is 21.1. The van der Waals surface area contributed by atoms with Crippen LogP contribution < -0.4 is 14.2 Å². The van der Waals surface area contributed by atoms with Crippen LogP contribution in [0.25, 0.3) is 0 Å². The van der Waals surface area contributed by atoms with Gasteiger partial charge >= 0.3 is 5.97 Å². The highest BCUT2D eigenvalue weighted by Gasteiger charge is 2.34. The lowest BCUT2D eigenvalue weighted by atomic mass is 9.73. The Labute approximate surface area is 136 Å². The van der Waals surface area contributed by atoms with E-state index in [0.717, 1.165) is 12.0 Å². The monoisotopic (exact) mass is 320 g/mol. The minimum atomic E-state index is -0.768. The van der Waals surface area contributed by atoms with Gasteiger partial charge in [-0.25, -0.2) is 0 Å². The zero-order chi connectivity index (χ0) is 17.1. The van der Waals surface area contributed by atoms with E-state index in [2.05, 4.69) is 6.92 Å². The Hall–Kier alpha value is -2.17. The van der Waals surface area contributed by atoms with E-state index in [-0.39, 0.29) is 5.92 Å². The van der Waals surface area contributed by atoms with Gasteiger partial charge in [-0.05, 0) is 44.4 Å². The second-order valence-electron chi connectivity index (χ2n) is 5.98. The standard InChI is InChI=1S/C18H24O5/c1-10-6-13(14(18(19)20)7-11(10)2)12-8-15(21-3)17(23-5)16(9-12)22-4/h8-9,13-14H,6-7H2,1-5H3,(H,19,20)/t13-,14-/m0/s1. The molecule has 5 nitrogen and oxygen atoms in total. The lowest BCUT2D eigenvalue weighted by molar-refractivity contribution is -0.142. The minimum Gasteiger partial charge on any atom is -0.493 e. The Kier molecular flexibility index (Phi) is 5.19. The minimum absolute atomic E-state index is 0.107. The molecule has 126 valence electrons. The predicted octanol–water partition coefficient (Wildman–Crippen LogP) is 3.63. The number of hydrogen-bond donors (Lipinski definition) is 1. The summed E-state index contributed by atoms with van der Waals surface area (Å²) in [6.45, 7) is 4.08. The number of carboxylic acids is 1. The van der Waals surface area contributed by atoms with Crippen LogP contribution in [0.1, 0.15) is 38.2 Å². The smallest absolute Gasteiger partial charge is 0.307 e. The molecule has 0 heterocycles. The van der Waals surface area contributed by atoms with Crippen LogP contribution in [-0.2, 0) is 4.79 Å². The number of carboxylic acid groups (broad SMARTS) is 1. The molecule has 5 heteroatoms. The first-order valence-electron chi connectivity index (χ1n) is 7.60. The van der Waals surface area contributed by atoms with Crippen molar-refractivity contribution in [3.8, 4) is 17.2 Å². The molecule has 1 aliphatic rings. The van der Waals surface area contributed by atoms with Crippen LogP contribution in [0.3, 0.4) is 0 Å². The van der Waals surface area contributed by atoms with Gasteiger partial charge in [0.25, 0.3) is 0 Å². The number of benzene rings is 1. The van der Waals surface area contributed by atoms with Gasteiger partial charge in [-0.15, -0.1) is 0 Å². The Morgan fingerprint density at radius 1 is 1.00 bits per heavy atom. The van der Waals surface area contributed by atoms with Gasteiger partial charge < -0.3 is 19.3 Å². The largest absolute Gasteiger partial charge is 0.493 e. The van der Waals surface area contributed by atoms with Crippen LogP contribution in [0.5, 0.6) is 17.2 Å². The Bertz CT molecular complexity index is 607. The second kappa shape index (κ2) is 6.94. The van der Waals surface area contributed by atoms with Crippen molar-refractivity contribution in [2.75, 3.05) is 21.3 Å². The molecule has 0 radical (unpaired) electrons. The number of allylic oxidation sites excluding steroid dienone is 2. The van der Waals surface area contributed by atoms with Gasteiger partial charge in [0.15, 0.2) is 11.5 Å². The first-order valence-corrected chi connectivity index (χ1v) is 7.60. The number of carbonyl (C=O) groups is 1. The maximum atomic E-state index is 11.7. The average Bonchev–Trinajstić information content (AvgIpc) is 2.55. The fraction of sp³-hybridized carbons (Fsp3) is 0.500. The summed E-state index contributed by atoms with van der Waals surface area (Å²) in [5, 5.41) is 9.62. The molecular weight excluding hydrogens is 296 g/mol. The van der Waals surface area contributed by atoms with Gasteiger partial charge in [-0.2, -0.15) is 0 Å². The van der Waals surface area contributed by atoms with Gasteiger partial charge in [-0.1, -0.05) is 11.1 Å². The van der Waals surface area contributed by atoms with E-state index in [4.69, 9.17) is 14.2 Å². The average molecular weight is 320 g/mol. The van der Waals surface area contributed by atoms with Crippen molar-refractivity contribution in [1.82, 2.24) is 0 Å². The van der Waals surface area contributed by atoms with Gasteiger partial charge in [0.05, 0.1) is 27.2 Å². The van der Waals surface area contributed by atoms with Crippen molar-refractivity contribution in [3.05, 3.63) is 28.8 Å². The third-order valence-electron chi connectivity index (χ3n) is 4.70. The zero-order valence-corrected chi connectivity index (χ0v) is 14.3. The molecule has 0 fully saturated rings. The summed E-state index contributed by atoms with van der Waals surface area (Å²) >= 11 is 0. The molecule has 0 saturated carbocycles. The molecule has 0 spiro atoms. The highest BCUT2D eigenvalue weighted by Crippen LogP contribution is 2.46. The predicted molar refractivity (Wildman–Crippen MR) is 87.6 cm³/mol. The van der Waals surface area contributed by atoms with Gasteiger partial charge in [0.2, 0.25) is 5.75 Å². The Morgan fingerprint density at radius 2 is 1.52 bits per heavy atom. The molecule has 23 heavy (non-hydrogen) atoms. The third kappa shape index (κ3) is 3.28. The molecule has 0 amide bonds. The molecule has 1 N–H and O–H groups in total. The molecule has 1 aliphatic carbocycles. The summed E-state index contributed by atoms with van der Waals surface area (Å²) in [6.07, 6.45) is 1.30. The quantitative estimate of drug-likeness (QED) is 0.839. The highest BCUT2D eigenvalue weighted by molar-refractivity contribution is 5.73. The van der Waals surface area contributed by atoms with Gasteiger partial charge in [0, 0.05) is 5.92 Å². The van der Waals surface area contributed by atoms with Gasteiger partial charge in [-0.3, -0.25) is 4.79 Å². The number of methoxy groups -OCH3 is 3. The maximum Gasteiger partial charge on any atom is 0.307 e. The van der Waals surface area contributed by atoms with E-state index in [1.807, 2.05) is 19.1 Å². The zero-order valence-electron chi connectivity index (χ0n) is 14.3. The Balaban J connectivity index is 2.53. The molecule has 2 rings (SSSR count). The number of ether oxygens (including phenoxy) is 3. The van der Waals surface area contributed by atoms with E-state index in [9.17, 15) is 9.90 Å². The van der Waals surface area contributed by atoms with Crippen molar-refractivity contribution < 1.29 is 24.1 Å². The van der Waals surface area contributed by atoms with E-state index in [1.165, 1.54) is 11.1 Å². The fourth-order valence-electron chi connectivity index (χ4n) is 3.22. The molecule has 1 aromatic carbocycles. The number of hydrogen-bond acceptors (Lipinski definition) is 4. The molecule has 0 aliphatic heterocycles. The molecule has 0 bridgehead atoms. The fourth-order valence-corrected chi connectivity index (χ4v) is 3.22. The van der Waals surface area contributed by atoms with Crippen LogP contribution in [-0.4, -0.2) is 32.4 Å². The summed E-state index contributed by atoms with van der Waals surface area (Å²) in [5.41, 5.74) is 3.32. The van der Waals surface area contributed by atoms with Crippen molar-refractivity contribution in [2.45, 2.75) is 32.6 Å². The molecule has 2 atom stereocenters. The lowest BCUT2D eigenvalue weighted by Gasteiger charge is -2.31. The third-order valence-corrected chi connectivity index (χ3v) is 4.70. The van der Waals surface area contributed by atoms with Crippen LogP contribution >= 0.6 is 0 Å². The van der Waals surface area contributed by atoms with E-state index in [0.29, 0.717) is 23.7 Å². The molecule has 0 unspecified atom stereocenters. The van der Waals surface area contributed by atoms with Crippen molar-refractivity contribution in [3.63, 3.8) is 0 Å². The molecule has 1 aromatic rings. The highest BCUT2D eigenvalue weighted by atomic mass is 16.5. The number of rotatable bonds is 5. The van der Waals surface area contributed by atoms with E-state index in [1.54, 1.807) is 21.3 Å². The first kappa shape index (κ1) is 17.2. The second-order valence-corrected chi connectivity index (χ2v) is 5.98. The topological polar surface area (TPSA) is 65.0 Å². The first-order chi connectivity index (χ1) is 10.9. The Morgan fingerprint density at radius 3 is 1.96 bits per heavy atom. The van der Waals surface area contributed by atoms with Crippen molar-refractivity contribution >= 4 is 5.97 Å². The SMILES string of the molecule is COc1cc([C@@H]2CC(C)=C(C)C[C@@H]2C(=O)O)cc(OC)c1OC. The van der Waals surface area contributed by atoms with Crippen molar-refractivity contribution in [2.24, 2.45) is 5.92 Å². The lowest BCUT2D eigenvalue weighted by Crippen LogP contribution is -2.26. The van der Waals surface area contributed by atoms with E-state index < -0.39 is 11.9 Å². The summed E-state index contributed by atoms with van der Waals surface area (Å²) in [5.74, 6) is 0.303. The van der Waals surface area contributed by atoms with Gasteiger partial charge in [0.1, 0.15) is 0 Å². The molecule has 0 aromatic heterocycles. The summed E-state index contributed by atoms with van der Waals surface area (Å²) in [6, 6.07) is 3.71. The maximum absolute atomic E-state index is 11.7. The summed E-state index contributed by atoms with van der Waals surface area (Å²) in [4.78, 5) is 11.7. The van der Waals surface area contributed by atoms with Crippen LogP contribution in [0.4, 0.5) is 0 Å². The van der Waals surface area contributed by atoms with Crippen LogP contribution in [0.2, 0.25) is 0 Å². The van der Waals surface area contributed by atoms with Crippen LogP contribution in [0.15, 0.2) is 23.3 Å². The molecular formula is C18H24O5. The van der Waals surface area contributed by atoms with E-state index >= 15 is 0 Å². The van der Waals surface area contributed by atoms with Crippen molar-refractivity contribution in [1.29, 1.82) is 0 Å². The summed E-state index contributed by atoms with van der Waals surface area (Å²) in [7, 11) is 4.68. The summed E-state index contributed by atoms with van der Waals surface area (Å²) < 4.78 is 16.1.